The van der Waals surface area contributed by atoms with Crippen molar-refractivity contribution < 1.29 is 14.7 Å². The van der Waals surface area contributed by atoms with E-state index >= 15 is 0 Å². The fraction of sp³-hybridized carbons (Fsp3) is 0.833. The number of carbonyl (C=O) groups excluding carboxylic acids is 1. The molecule has 1 amide bonds. The number of likely N-dealkylation sites (tertiary alicyclic amines) is 1. The highest BCUT2D eigenvalue weighted by Gasteiger charge is 2.46. The Labute approximate surface area is 101 Å². The van der Waals surface area contributed by atoms with Gasteiger partial charge in [-0.3, -0.25) is 4.79 Å². The van der Waals surface area contributed by atoms with E-state index in [1.54, 1.807) is 4.90 Å². The first-order valence-corrected chi connectivity index (χ1v) is 6.24. The van der Waals surface area contributed by atoms with Crippen molar-refractivity contribution in [3.63, 3.8) is 0 Å². The van der Waals surface area contributed by atoms with Gasteiger partial charge in [0, 0.05) is 6.54 Å². The molecule has 0 bridgehead atoms. The molecule has 2 saturated heterocycles. The summed E-state index contributed by atoms with van der Waals surface area (Å²) in [6, 6.07) is -0.651. The Balaban J connectivity index is 2.16. The minimum absolute atomic E-state index is 0.0430. The number of carboxylic acid groups (broad SMARTS) is 1. The molecule has 0 saturated carbocycles. The van der Waals surface area contributed by atoms with Crippen LogP contribution in [0.25, 0.3) is 0 Å². The molecule has 96 valence electrons. The summed E-state index contributed by atoms with van der Waals surface area (Å²) >= 11 is 0. The minimum Gasteiger partial charge on any atom is -0.480 e. The van der Waals surface area contributed by atoms with Gasteiger partial charge in [-0.1, -0.05) is 6.92 Å². The van der Waals surface area contributed by atoms with Gasteiger partial charge in [-0.25, -0.2) is 4.79 Å². The molecule has 2 aliphatic heterocycles. The Morgan fingerprint density at radius 1 is 1.47 bits per heavy atom. The van der Waals surface area contributed by atoms with Crippen LogP contribution in [0.4, 0.5) is 0 Å². The second-order valence-electron chi connectivity index (χ2n) is 5.41. The zero-order chi connectivity index (χ0) is 12.6. The number of carbonyl (C=O) groups is 2. The van der Waals surface area contributed by atoms with Crippen molar-refractivity contribution in [2.45, 2.75) is 44.7 Å². The van der Waals surface area contributed by atoms with Crippen molar-refractivity contribution in [1.29, 1.82) is 0 Å². The third kappa shape index (κ3) is 2.04. The van der Waals surface area contributed by atoms with E-state index in [0.717, 1.165) is 25.8 Å². The molecule has 3 unspecified atom stereocenters. The van der Waals surface area contributed by atoms with Gasteiger partial charge >= 0.3 is 5.97 Å². The summed E-state index contributed by atoms with van der Waals surface area (Å²) in [5, 5.41) is 12.4. The lowest BCUT2D eigenvalue weighted by Gasteiger charge is -2.32. The van der Waals surface area contributed by atoms with Crippen molar-refractivity contribution in [3.8, 4) is 0 Å². The molecule has 0 radical (unpaired) electrons. The smallest absolute Gasteiger partial charge is 0.326 e. The molecule has 2 rings (SSSR count). The maximum absolute atomic E-state index is 12.4. The lowest BCUT2D eigenvalue weighted by molar-refractivity contribution is -0.151. The van der Waals surface area contributed by atoms with E-state index in [0.29, 0.717) is 6.54 Å². The van der Waals surface area contributed by atoms with Crippen LogP contribution in [0.1, 0.15) is 33.1 Å². The highest BCUT2D eigenvalue weighted by atomic mass is 16.4. The first kappa shape index (κ1) is 12.4. The predicted octanol–water partition coefficient (Wildman–Crippen LogP) is 0.450. The SMILES string of the molecule is CC1CCN(C(=O)C2(C)CCCN2)C1C(=O)O. The Bertz CT molecular complexity index is 337. The van der Waals surface area contributed by atoms with Gasteiger partial charge in [-0.15, -0.1) is 0 Å². The maximum atomic E-state index is 12.4. The molecule has 2 aliphatic rings. The Kier molecular flexibility index (Phi) is 3.12. The molecular weight excluding hydrogens is 220 g/mol. The molecule has 0 aromatic carbocycles. The molecule has 17 heavy (non-hydrogen) atoms. The summed E-state index contributed by atoms with van der Waals surface area (Å²) in [4.78, 5) is 25.2. The van der Waals surface area contributed by atoms with Gasteiger partial charge in [-0.05, 0) is 38.6 Å². The average molecular weight is 240 g/mol. The molecule has 3 atom stereocenters. The third-order valence-corrected chi connectivity index (χ3v) is 4.05. The first-order chi connectivity index (χ1) is 7.96. The minimum atomic E-state index is -0.884. The number of hydrogen-bond acceptors (Lipinski definition) is 3. The van der Waals surface area contributed by atoms with E-state index in [1.807, 2.05) is 13.8 Å². The number of nitrogens with one attached hydrogen (secondary N) is 1. The van der Waals surface area contributed by atoms with Crippen molar-refractivity contribution in [1.82, 2.24) is 10.2 Å². The molecule has 5 nitrogen and oxygen atoms in total. The van der Waals surface area contributed by atoms with E-state index in [9.17, 15) is 14.7 Å². The second-order valence-corrected chi connectivity index (χ2v) is 5.41. The number of nitrogens with zero attached hydrogens (tertiary/aromatic N) is 1. The fourth-order valence-electron chi connectivity index (χ4n) is 2.95. The standard InChI is InChI=1S/C12H20N2O3/c1-8-4-7-14(9(8)10(15)16)11(17)12(2)5-3-6-13-12/h8-9,13H,3-7H2,1-2H3,(H,15,16). The first-order valence-electron chi connectivity index (χ1n) is 6.24. The van der Waals surface area contributed by atoms with Gasteiger partial charge < -0.3 is 15.3 Å². The highest BCUT2D eigenvalue weighted by Crippen LogP contribution is 2.29. The molecular formula is C12H20N2O3. The topological polar surface area (TPSA) is 69.6 Å². The van der Waals surface area contributed by atoms with Crippen LogP contribution in [0.5, 0.6) is 0 Å². The Morgan fingerprint density at radius 2 is 2.18 bits per heavy atom. The van der Waals surface area contributed by atoms with Gasteiger partial charge in [0.25, 0.3) is 0 Å². The molecule has 2 heterocycles. The summed E-state index contributed by atoms with van der Waals surface area (Å²) in [7, 11) is 0. The van der Waals surface area contributed by atoms with E-state index in [1.165, 1.54) is 0 Å². The van der Waals surface area contributed by atoms with Crippen LogP contribution in [0.15, 0.2) is 0 Å². The zero-order valence-electron chi connectivity index (χ0n) is 10.4. The van der Waals surface area contributed by atoms with Crippen LogP contribution in [0.2, 0.25) is 0 Å². The van der Waals surface area contributed by atoms with E-state index in [2.05, 4.69) is 5.32 Å². The Morgan fingerprint density at radius 3 is 2.71 bits per heavy atom. The van der Waals surface area contributed by atoms with Gasteiger partial charge in [0.1, 0.15) is 6.04 Å². The number of aliphatic carboxylic acids is 1. The van der Waals surface area contributed by atoms with E-state index < -0.39 is 17.6 Å². The summed E-state index contributed by atoms with van der Waals surface area (Å²) in [6.45, 7) is 5.18. The third-order valence-electron chi connectivity index (χ3n) is 4.05. The van der Waals surface area contributed by atoms with Crippen LogP contribution >= 0.6 is 0 Å². The lowest BCUT2D eigenvalue weighted by Crippen LogP contribution is -2.56. The molecule has 0 aromatic heterocycles. The summed E-state index contributed by atoms with van der Waals surface area (Å²) in [5.41, 5.74) is -0.558. The summed E-state index contributed by atoms with van der Waals surface area (Å²) in [6.07, 6.45) is 2.55. The van der Waals surface area contributed by atoms with Crippen LogP contribution in [0, 0.1) is 5.92 Å². The quantitative estimate of drug-likeness (QED) is 0.735. The second kappa shape index (κ2) is 4.29. The molecule has 0 aromatic rings. The molecule has 5 heteroatoms. The average Bonchev–Trinajstić information content (AvgIpc) is 2.84. The van der Waals surface area contributed by atoms with Gasteiger partial charge in [0.2, 0.25) is 5.91 Å². The van der Waals surface area contributed by atoms with Crippen molar-refractivity contribution in [3.05, 3.63) is 0 Å². The number of amides is 1. The van der Waals surface area contributed by atoms with Crippen LogP contribution in [-0.4, -0.2) is 46.6 Å². The van der Waals surface area contributed by atoms with E-state index in [4.69, 9.17) is 0 Å². The predicted molar refractivity (Wildman–Crippen MR) is 62.6 cm³/mol. The van der Waals surface area contributed by atoms with Crippen molar-refractivity contribution >= 4 is 11.9 Å². The van der Waals surface area contributed by atoms with Crippen molar-refractivity contribution in [2.24, 2.45) is 5.92 Å². The summed E-state index contributed by atoms with van der Waals surface area (Å²) < 4.78 is 0. The number of rotatable bonds is 2. The molecule has 2 N–H and O–H groups in total. The molecule has 0 spiro atoms. The summed E-state index contributed by atoms with van der Waals surface area (Å²) in [5.74, 6) is -0.891. The van der Waals surface area contributed by atoms with E-state index in [-0.39, 0.29) is 11.8 Å². The maximum Gasteiger partial charge on any atom is 0.326 e. The monoisotopic (exact) mass is 240 g/mol. The highest BCUT2D eigenvalue weighted by molar-refractivity contribution is 5.90. The largest absolute Gasteiger partial charge is 0.480 e. The van der Waals surface area contributed by atoms with Gasteiger partial charge in [0.05, 0.1) is 5.54 Å². The zero-order valence-corrected chi connectivity index (χ0v) is 10.4. The normalized spacial score (nSPS) is 37.4. The molecule has 0 aliphatic carbocycles. The number of hydrogen-bond donors (Lipinski definition) is 2. The number of carboxylic acids is 1. The molecule has 2 fully saturated rings. The fourth-order valence-corrected chi connectivity index (χ4v) is 2.95. The van der Waals surface area contributed by atoms with Crippen molar-refractivity contribution in [2.75, 3.05) is 13.1 Å². The lowest BCUT2D eigenvalue weighted by atomic mass is 9.97. The van der Waals surface area contributed by atoms with Gasteiger partial charge in [0.15, 0.2) is 0 Å². The van der Waals surface area contributed by atoms with Crippen LogP contribution in [-0.2, 0) is 9.59 Å². The van der Waals surface area contributed by atoms with Crippen LogP contribution in [0.3, 0.4) is 0 Å². The Hall–Kier alpha value is -1.10. The van der Waals surface area contributed by atoms with Crippen LogP contribution < -0.4 is 5.32 Å². The van der Waals surface area contributed by atoms with Gasteiger partial charge in [-0.2, -0.15) is 0 Å².